The summed E-state index contributed by atoms with van der Waals surface area (Å²) in [5, 5.41) is 18.3. The van der Waals surface area contributed by atoms with E-state index < -0.39 is 9.84 Å². The first-order chi connectivity index (χ1) is 11.5. The number of hydrogen-bond donors (Lipinski definition) is 0. The van der Waals surface area contributed by atoms with Gasteiger partial charge in [-0.05, 0) is 24.0 Å². The molecule has 126 valence electrons. The van der Waals surface area contributed by atoms with E-state index in [9.17, 15) is 8.42 Å². The minimum atomic E-state index is -2.87. The van der Waals surface area contributed by atoms with Crippen molar-refractivity contribution >= 4 is 21.6 Å². The number of hydrogen-bond acceptors (Lipinski definition) is 6. The van der Waals surface area contributed by atoms with Crippen LogP contribution >= 0.6 is 11.8 Å². The smallest absolute Gasteiger partial charge is 0.191 e. The van der Waals surface area contributed by atoms with Crippen molar-refractivity contribution < 1.29 is 8.42 Å². The molecule has 1 saturated heterocycles. The standard InChI is InChI=1S/C16H18N4O2S2/c1-20-15(8-12-6-7-24(21,22)11-12)18-19-16(20)23-10-14-5-3-2-4-13(14)9-17/h2-5,12H,6-8,10-11H2,1H3/t12-/m0/s1. The third kappa shape index (κ3) is 3.79. The molecule has 0 aliphatic carbocycles. The molecule has 0 saturated carbocycles. The number of nitriles is 1. The average Bonchev–Trinajstić information content (AvgIpc) is 3.09. The summed E-state index contributed by atoms with van der Waals surface area (Å²) in [5.74, 6) is 2.12. The Labute approximate surface area is 145 Å². The second kappa shape index (κ2) is 6.95. The van der Waals surface area contributed by atoms with Gasteiger partial charge in [0.25, 0.3) is 0 Å². The van der Waals surface area contributed by atoms with E-state index in [0.29, 0.717) is 24.2 Å². The molecule has 1 atom stereocenters. The molecular weight excluding hydrogens is 344 g/mol. The number of sulfone groups is 1. The predicted molar refractivity (Wildman–Crippen MR) is 92.2 cm³/mol. The van der Waals surface area contributed by atoms with Crippen LogP contribution in [0.15, 0.2) is 29.4 Å². The zero-order valence-electron chi connectivity index (χ0n) is 13.3. The summed E-state index contributed by atoms with van der Waals surface area (Å²) in [7, 11) is -0.969. The molecule has 0 spiro atoms. The van der Waals surface area contributed by atoms with Gasteiger partial charge in [-0.15, -0.1) is 10.2 Å². The van der Waals surface area contributed by atoms with Gasteiger partial charge in [-0.2, -0.15) is 5.26 Å². The van der Waals surface area contributed by atoms with E-state index in [-0.39, 0.29) is 17.4 Å². The van der Waals surface area contributed by atoms with E-state index in [0.717, 1.165) is 16.5 Å². The van der Waals surface area contributed by atoms with Crippen LogP contribution in [0.4, 0.5) is 0 Å². The molecule has 2 heterocycles. The largest absolute Gasteiger partial charge is 0.309 e. The third-order valence-electron chi connectivity index (χ3n) is 4.22. The molecule has 0 unspecified atom stereocenters. The van der Waals surface area contributed by atoms with Gasteiger partial charge in [0, 0.05) is 19.2 Å². The molecule has 0 amide bonds. The highest BCUT2D eigenvalue weighted by Crippen LogP contribution is 2.26. The molecule has 1 aliphatic rings. The van der Waals surface area contributed by atoms with E-state index in [4.69, 9.17) is 5.26 Å². The van der Waals surface area contributed by atoms with Gasteiger partial charge in [-0.25, -0.2) is 8.42 Å². The Kier molecular flexibility index (Phi) is 4.92. The first-order valence-corrected chi connectivity index (χ1v) is 10.5. The highest BCUT2D eigenvalue weighted by molar-refractivity contribution is 7.98. The Balaban J connectivity index is 1.66. The molecule has 1 fully saturated rings. The van der Waals surface area contributed by atoms with Gasteiger partial charge in [0.2, 0.25) is 0 Å². The molecule has 24 heavy (non-hydrogen) atoms. The molecule has 0 N–H and O–H groups in total. The summed E-state index contributed by atoms with van der Waals surface area (Å²) < 4.78 is 25.1. The zero-order valence-corrected chi connectivity index (χ0v) is 15.0. The van der Waals surface area contributed by atoms with Crippen molar-refractivity contribution in [2.45, 2.75) is 23.8 Å². The van der Waals surface area contributed by atoms with Crippen molar-refractivity contribution in [3.8, 4) is 6.07 Å². The van der Waals surface area contributed by atoms with E-state index in [2.05, 4.69) is 16.3 Å². The highest BCUT2D eigenvalue weighted by Gasteiger charge is 2.29. The average molecular weight is 362 g/mol. The third-order valence-corrected chi connectivity index (χ3v) is 7.12. The maximum Gasteiger partial charge on any atom is 0.191 e. The Hall–Kier alpha value is -1.85. The number of rotatable bonds is 5. The topological polar surface area (TPSA) is 88.6 Å². The normalized spacial score (nSPS) is 19.2. The molecule has 1 aromatic carbocycles. The van der Waals surface area contributed by atoms with E-state index in [1.165, 1.54) is 11.8 Å². The fourth-order valence-corrected chi connectivity index (χ4v) is 5.63. The van der Waals surface area contributed by atoms with Crippen molar-refractivity contribution in [3.05, 3.63) is 41.2 Å². The van der Waals surface area contributed by atoms with Gasteiger partial charge < -0.3 is 4.57 Å². The first kappa shape index (κ1) is 17.0. The summed E-state index contributed by atoms with van der Waals surface area (Å²) in [6.07, 6.45) is 1.34. The quantitative estimate of drug-likeness (QED) is 0.756. The maximum atomic E-state index is 11.6. The lowest BCUT2D eigenvalue weighted by atomic mass is 10.1. The second-order valence-electron chi connectivity index (χ2n) is 5.99. The van der Waals surface area contributed by atoms with Crippen molar-refractivity contribution in [3.63, 3.8) is 0 Å². The zero-order chi connectivity index (χ0) is 17.2. The van der Waals surface area contributed by atoms with Crippen LogP contribution in [-0.2, 0) is 29.1 Å². The SMILES string of the molecule is Cn1c(C[C@@H]2CCS(=O)(=O)C2)nnc1SCc1ccccc1C#N. The van der Waals surface area contributed by atoms with Gasteiger partial charge in [-0.3, -0.25) is 0 Å². The van der Waals surface area contributed by atoms with Crippen LogP contribution in [0.5, 0.6) is 0 Å². The van der Waals surface area contributed by atoms with Gasteiger partial charge in [0.1, 0.15) is 5.82 Å². The minimum Gasteiger partial charge on any atom is -0.309 e. The molecule has 3 rings (SSSR count). The monoisotopic (exact) mass is 362 g/mol. The lowest BCUT2D eigenvalue weighted by Gasteiger charge is -2.08. The molecule has 2 aromatic rings. The van der Waals surface area contributed by atoms with Crippen molar-refractivity contribution in [2.75, 3.05) is 11.5 Å². The summed E-state index contributed by atoms with van der Waals surface area (Å²) in [6.45, 7) is 0. The van der Waals surface area contributed by atoms with Crippen molar-refractivity contribution in [2.24, 2.45) is 13.0 Å². The van der Waals surface area contributed by atoms with E-state index >= 15 is 0 Å². The summed E-state index contributed by atoms with van der Waals surface area (Å²) in [6, 6.07) is 9.70. The molecule has 1 aliphatic heterocycles. The lowest BCUT2D eigenvalue weighted by Crippen LogP contribution is -2.11. The lowest BCUT2D eigenvalue weighted by molar-refractivity contribution is 0.552. The first-order valence-electron chi connectivity index (χ1n) is 7.68. The summed E-state index contributed by atoms with van der Waals surface area (Å²) in [4.78, 5) is 0. The number of thioether (sulfide) groups is 1. The van der Waals surface area contributed by atoms with Crippen LogP contribution < -0.4 is 0 Å². The van der Waals surface area contributed by atoms with Crippen LogP contribution in [0, 0.1) is 17.2 Å². The van der Waals surface area contributed by atoms with Crippen LogP contribution in [0.1, 0.15) is 23.4 Å². The Bertz CT molecular complexity index is 884. The van der Waals surface area contributed by atoms with Crippen molar-refractivity contribution in [1.29, 1.82) is 5.26 Å². The molecular formula is C16H18N4O2S2. The fraction of sp³-hybridized carbons (Fsp3) is 0.438. The number of nitrogens with zero attached hydrogens (tertiary/aromatic N) is 4. The minimum absolute atomic E-state index is 0.134. The van der Waals surface area contributed by atoms with Crippen LogP contribution in [0.2, 0.25) is 0 Å². The van der Waals surface area contributed by atoms with Gasteiger partial charge in [-0.1, -0.05) is 30.0 Å². The maximum absolute atomic E-state index is 11.6. The van der Waals surface area contributed by atoms with Crippen LogP contribution in [0.3, 0.4) is 0 Å². The molecule has 6 nitrogen and oxygen atoms in total. The van der Waals surface area contributed by atoms with Crippen LogP contribution in [-0.4, -0.2) is 34.7 Å². The van der Waals surface area contributed by atoms with Gasteiger partial charge >= 0.3 is 0 Å². The fourth-order valence-electron chi connectivity index (χ4n) is 2.84. The molecule has 0 radical (unpaired) electrons. The number of aromatic nitrogens is 3. The second-order valence-corrected chi connectivity index (χ2v) is 9.16. The number of benzene rings is 1. The van der Waals surface area contributed by atoms with Gasteiger partial charge in [0.05, 0.1) is 23.1 Å². The summed E-state index contributed by atoms with van der Waals surface area (Å²) >= 11 is 1.53. The van der Waals surface area contributed by atoms with E-state index in [1.54, 1.807) is 6.07 Å². The van der Waals surface area contributed by atoms with Gasteiger partial charge in [0.15, 0.2) is 15.0 Å². The van der Waals surface area contributed by atoms with E-state index in [1.807, 2.05) is 29.8 Å². The predicted octanol–water partition coefficient (Wildman–Crippen LogP) is 1.96. The van der Waals surface area contributed by atoms with Crippen LogP contribution in [0.25, 0.3) is 0 Å². The Morgan fingerprint density at radius 3 is 2.88 bits per heavy atom. The van der Waals surface area contributed by atoms with Crippen molar-refractivity contribution in [1.82, 2.24) is 14.8 Å². The highest BCUT2D eigenvalue weighted by atomic mass is 32.2. The molecule has 0 bridgehead atoms. The molecule has 1 aromatic heterocycles. The summed E-state index contributed by atoms with van der Waals surface area (Å²) in [5.41, 5.74) is 1.64. The molecule has 8 heteroatoms. The Morgan fingerprint density at radius 1 is 1.38 bits per heavy atom. The Morgan fingerprint density at radius 2 is 2.17 bits per heavy atom.